The fraction of sp³-hybridized carbons (Fsp3) is 0.647. The Morgan fingerprint density at radius 3 is 2.35 bits per heavy atom. The van der Waals surface area contributed by atoms with Crippen LogP contribution in [0.1, 0.15) is 18.4 Å². The third-order valence-corrected chi connectivity index (χ3v) is 6.16. The van der Waals surface area contributed by atoms with E-state index in [2.05, 4.69) is 45.8 Å². The van der Waals surface area contributed by atoms with Crippen molar-refractivity contribution in [3.05, 3.63) is 29.8 Å². The lowest BCUT2D eigenvalue weighted by molar-refractivity contribution is 0.129. The molecule has 3 aliphatic rings. The van der Waals surface area contributed by atoms with E-state index in [0.29, 0.717) is 0 Å². The van der Waals surface area contributed by atoms with Gasteiger partial charge in [-0.25, -0.2) is 0 Å². The molecule has 0 radical (unpaired) electrons. The summed E-state index contributed by atoms with van der Waals surface area (Å²) in [6, 6.07) is 8.94. The minimum atomic E-state index is 0.780. The van der Waals surface area contributed by atoms with Crippen molar-refractivity contribution < 1.29 is 0 Å². The number of hydrogen-bond donors (Lipinski definition) is 0. The molecular weight excluding hydrogens is 264 g/mol. The highest BCUT2D eigenvalue weighted by molar-refractivity contribution is 8.00. The summed E-state index contributed by atoms with van der Waals surface area (Å²) < 4.78 is 0. The van der Waals surface area contributed by atoms with Gasteiger partial charge in [0.1, 0.15) is 0 Å². The zero-order chi connectivity index (χ0) is 13.4. The molecule has 2 aliphatic heterocycles. The van der Waals surface area contributed by atoms with Crippen molar-refractivity contribution in [2.75, 3.05) is 39.3 Å². The van der Waals surface area contributed by atoms with E-state index < -0.39 is 0 Å². The SMILES string of the molecule is c1ccc2c(c1)CC(CN1CCN(CC3CC3)CC1)S2. The predicted molar refractivity (Wildman–Crippen MR) is 85.4 cm³/mol. The van der Waals surface area contributed by atoms with E-state index in [1.807, 2.05) is 0 Å². The van der Waals surface area contributed by atoms with Crippen molar-refractivity contribution in [3.63, 3.8) is 0 Å². The monoisotopic (exact) mass is 288 g/mol. The Labute approximate surface area is 126 Å². The molecule has 1 aliphatic carbocycles. The molecular formula is C17H24N2S. The van der Waals surface area contributed by atoms with E-state index in [9.17, 15) is 0 Å². The molecule has 1 unspecified atom stereocenters. The van der Waals surface area contributed by atoms with Gasteiger partial charge < -0.3 is 4.90 Å². The Bertz CT molecular complexity index is 439. The maximum absolute atomic E-state index is 2.69. The van der Waals surface area contributed by atoms with Gasteiger partial charge in [0, 0.05) is 49.4 Å². The van der Waals surface area contributed by atoms with Crippen molar-refractivity contribution in [2.24, 2.45) is 5.92 Å². The Morgan fingerprint density at radius 1 is 0.950 bits per heavy atom. The van der Waals surface area contributed by atoms with Crippen LogP contribution in [0, 0.1) is 5.92 Å². The highest BCUT2D eigenvalue weighted by Gasteiger charge is 2.28. The lowest BCUT2D eigenvalue weighted by atomic mass is 10.1. The average Bonchev–Trinajstić information content (AvgIpc) is 3.18. The van der Waals surface area contributed by atoms with Gasteiger partial charge in [-0.1, -0.05) is 18.2 Å². The van der Waals surface area contributed by atoms with Crippen LogP contribution >= 0.6 is 11.8 Å². The first kappa shape index (κ1) is 13.2. The molecule has 2 heterocycles. The second kappa shape index (κ2) is 5.70. The van der Waals surface area contributed by atoms with Gasteiger partial charge in [-0.3, -0.25) is 4.90 Å². The number of nitrogens with zero attached hydrogens (tertiary/aromatic N) is 2. The van der Waals surface area contributed by atoms with Crippen molar-refractivity contribution in [2.45, 2.75) is 29.4 Å². The van der Waals surface area contributed by atoms with Crippen LogP contribution in [0.5, 0.6) is 0 Å². The highest BCUT2D eigenvalue weighted by Crippen LogP contribution is 2.37. The van der Waals surface area contributed by atoms with Crippen LogP contribution in [-0.4, -0.2) is 54.3 Å². The smallest absolute Gasteiger partial charge is 0.0263 e. The molecule has 0 N–H and O–H groups in total. The Balaban J connectivity index is 1.25. The molecule has 1 saturated heterocycles. The largest absolute Gasteiger partial charge is 0.301 e. The van der Waals surface area contributed by atoms with Gasteiger partial charge >= 0.3 is 0 Å². The zero-order valence-electron chi connectivity index (χ0n) is 12.1. The van der Waals surface area contributed by atoms with Gasteiger partial charge in [0.2, 0.25) is 0 Å². The number of hydrogen-bond acceptors (Lipinski definition) is 3. The van der Waals surface area contributed by atoms with Crippen LogP contribution in [0.25, 0.3) is 0 Å². The Hall–Kier alpha value is -0.510. The Morgan fingerprint density at radius 2 is 1.65 bits per heavy atom. The van der Waals surface area contributed by atoms with E-state index >= 15 is 0 Å². The van der Waals surface area contributed by atoms with Crippen LogP contribution in [0.3, 0.4) is 0 Å². The van der Waals surface area contributed by atoms with Crippen LogP contribution < -0.4 is 0 Å². The van der Waals surface area contributed by atoms with Gasteiger partial charge in [0.05, 0.1) is 0 Å². The van der Waals surface area contributed by atoms with Crippen molar-refractivity contribution in [1.82, 2.24) is 9.80 Å². The molecule has 1 aromatic rings. The highest BCUT2D eigenvalue weighted by atomic mass is 32.2. The minimum absolute atomic E-state index is 0.780. The summed E-state index contributed by atoms with van der Waals surface area (Å²) in [7, 11) is 0. The minimum Gasteiger partial charge on any atom is -0.301 e. The molecule has 2 nitrogen and oxygen atoms in total. The first-order chi connectivity index (χ1) is 9.87. The van der Waals surface area contributed by atoms with Crippen LogP contribution in [0.15, 0.2) is 29.2 Å². The maximum Gasteiger partial charge on any atom is 0.0263 e. The molecule has 0 aromatic heterocycles. The standard InChI is InChI=1S/C17H24N2S/c1-2-4-17-15(3-1)11-16(20-17)13-19-9-7-18(8-10-19)12-14-5-6-14/h1-4,14,16H,5-13H2. The van der Waals surface area contributed by atoms with E-state index in [0.717, 1.165) is 11.2 Å². The van der Waals surface area contributed by atoms with E-state index in [-0.39, 0.29) is 0 Å². The summed E-state index contributed by atoms with van der Waals surface area (Å²) in [4.78, 5) is 6.89. The normalized spacial score (nSPS) is 27.7. The van der Waals surface area contributed by atoms with Crippen LogP contribution in [-0.2, 0) is 6.42 Å². The number of piperazine rings is 1. The van der Waals surface area contributed by atoms with Crippen molar-refractivity contribution >= 4 is 11.8 Å². The van der Waals surface area contributed by atoms with E-state index in [1.165, 1.54) is 63.4 Å². The lowest BCUT2D eigenvalue weighted by Gasteiger charge is -2.35. The molecule has 3 heteroatoms. The summed E-state index contributed by atoms with van der Waals surface area (Å²) in [5.41, 5.74) is 1.56. The molecule has 1 saturated carbocycles. The summed E-state index contributed by atoms with van der Waals surface area (Å²) in [6.45, 7) is 7.79. The first-order valence-corrected chi connectivity index (χ1v) is 8.94. The Kier molecular flexibility index (Phi) is 3.76. The third kappa shape index (κ3) is 3.05. The van der Waals surface area contributed by atoms with Crippen LogP contribution in [0.4, 0.5) is 0 Å². The number of rotatable bonds is 4. The molecule has 1 aromatic carbocycles. The molecule has 1 atom stereocenters. The summed E-state index contributed by atoms with van der Waals surface area (Å²) in [5, 5.41) is 0.780. The first-order valence-electron chi connectivity index (χ1n) is 8.06. The lowest BCUT2D eigenvalue weighted by Crippen LogP contribution is -2.48. The van der Waals surface area contributed by atoms with E-state index in [4.69, 9.17) is 0 Å². The zero-order valence-corrected chi connectivity index (χ0v) is 12.9. The topological polar surface area (TPSA) is 6.48 Å². The van der Waals surface area contributed by atoms with Crippen molar-refractivity contribution in [3.8, 4) is 0 Å². The third-order valence-electron chi connectivity index (χ3n) is 4.85. The van der Waals surface area contributed by atoms with Crippen molar-refractivity contribution in [1.29, 1.82) is 0 Å². The van der Waals surface area contributed by atoms with Gasteiger partial charge in [0.15, 0.2) is 0 Å². The maximum atomic E-state index is 2.69. The van der Waals surface area contributed by atoms with E-state index in [1.54, 1.807) is 5.56 Å². The number of fused-ring (bicyclic) bond motifs is 1. The molecule has 0 amide bonds. The summed E-state index contributed by atoms with van der Waals surface area (Å²) in [6.07, 6.45) is 4.23. The number of thioether (sulfide) groups is 1. The van der Waals surface area contributed by atoms with Gasteiger partial charge in [-0.2, -0.15) is 0 Å². The number of benzene rings is 1. The van der Waals surface area contributed by atoms with Gasteiger partial charge in [0.25, 0.3) is 0 Å². The predicted octanol–water partition coefficient (Wildman–Crippen LogP) is 2.73. The quantitative estimate of drug-likeness (QED) is 0.841. The molecule has 0 bridgehead atoms. The second-order valence-corrected chi connectivity index (χ2v) is 7.94. The van der Waals surface area contributed by atoms with Gasteiger partial charge in [-0.05, 0) is 36.8 Å². The molecule has 108 valence electrons. The fourth-order valence-corrected chi connectivity index (χ4v) is 4.83. The fourth-order valence-electron chi connectivity index (χ4n) is 3.46. The molecule has 20 heavy (non-hydrogen) atoms. The summed E-state index contributed by atoms with van der Waals surface area (Å²) in [5.74, 6) is 1.04. The average molecular weight is 288 g/mol. The van der Waals surface area contributed by atoms with Crippen LogP contribution in [0.2, 0.25) is 0 Å². The molecule has 0 spiro atoms. The van der Waals surface area contributed by atoms with Gasteiger partial charge in [-0.15, -0.1) is 11.8 Å². The second-order valence-electron chi connectivity index (χ2n) is 6.60. The summed E-state index contributed by atoms with van der Waals surface area (Å²) >= 11 is 2.10. The molecule has 2 fully saturated rings. The molecule has 4 rings (SSSR count).